The summed E-state index contributed by atoms with van der Waals surface area (Å²) < 4.78 is 30.7. The van der Waals surface area contributed by atoms with E-state index in [-0.39, 0.29) is 5.75 Å². The van der Waals surface area contributed by atoms with Gasteiger partial charge in [0.1, 0.15) is 11.6 Å². The van der Waals surface area contributed by atoms with Crippen molar-refractivity contribution in [2.45, 2.75) is 17.2 Å². The second-order valence-electron chi connectivity index (χ2n) is 4.30. The van der Waals surface area contributed by atoms with Crippen LogP contribution in [0.15, 0.2) is 47.4 Å². The summed E-state index contributed by atoms with van der Waals surface area (Å²) in [7, 11) is 0.234. The molecule has 5 heteroatoms. The van der Waals surface area contributed by atoms with E-state index in [4.69, 9.17) is 10.5 Å². The van der Waals surface area contributed by atoms with Gasteiger partial charge in [0.2, 0.25) is 0 Å². The molecule has 2 N–H and O–H groups in total. The standard InChI is InChI=1S/C15H16FNO2S/c1-19-15-6-5-11(9-17)7-12(15)10-20(18)14-4-2-3-13(16)8-14/h2-8H,9-10,17H2,1H3. The topological polar surface area (TPSA) is 52.3 Å². The quantitative estimate of drug-likeness (QED) is 0.922. The molecule has 1 atom stereocenters. The first-order valence-corrected chi connectivity index (χ1v) is 7.45. The average Bonchev–Trinajstić information content (AvgIpc) is 2.47. The van der Waals surface area contributed by atoms with Gasteiger partial charge in [-0.25, -0.2) is 4.39 Å². The highest BCUT2D eigenvalue weighted by atomic mass is 32.2. The van der Waals surface area contributed by atoms with Crippen LogP contribution in [0.2, 0.25) is 0 Å². The first-order valence-electron chi connectivity index (χ1n) is 6.14. The fourth-order valence-corrected chi connectivity index (χ4v) is 3.05. The van der Waals surface area contributed by atoms with E-state index in [1.54, 1.807) is 25.3 Å². The zero-order valence-electron chi connectivity index (χ0n) is 11.1. The molecule has 0 fully saturated rings. The Bertz CT molecular complexity index is 631. The van der Waals surface area contributed by atoms with E-state index in [9.17, 15) is 8.60 Å². The molecule has 0 bridgehead atoms. The van der Waals surface area contributed by atoms with Gasteiger partial charge in [-0.1, -0.05) is 12.1 Å². The molecule has 0 heterocycles. The molecule has 3 nitrogen and oxygen atoms in total. The van der Waals surface area contributed by atoms with Gasteiger partial charge in [-0.15, -0.1) is 0 Å². The third kappa shape index (κ3) is 3.43. The van der Waals surface area contributed by atoms with Gasteiger partial charge in [-0.3, -0.25) is 4.21 Å². The van der Waals surface area contributed by atoms with Crippen LogP contribution in [0.5, 0.6) is 5.75 Å². The lowest BCUT2D eigenvalue weighted by molar-refractivity contribution is 0.411. The Labute approximate surface area is 120 Å². The Morgan fingerprint density at radius 1 is 1.25 bits per heavy atom. The van der Waals surface area contributed by atoms with Crippen LogP contribution in [0.25, 0.3) is 0 Å². The molecule has 0 aliphatic carbocycles. The van der Waals surface area contributed by atoms with E-state index in [1.807, 2.05) is 12.1 Å². The molecule has 0 aliphatic heterocycles. The molecule has 2 rings (SSSR count). The second-order valence-corrected chi connectivity index (χ2v) is 5.75. The summed E-state index contributed by atoms with van der Waals surface area (Å²) >= 11 is 0. The Hall–Kier alpha value is -1.72. The summed E-state index contributed by atoms with van der Waals surface area (Å²) in [4.78, 5) is 0.463. The van der Waals surface area contributed by atoms with Gasteiger partial charge in [0.15, 0.2) is 0 Å². The van der Waals surface area contributed by atoms with Crippen molar-refractivity contribution in [3.05, 3.63) is 59.4 Å². The van der Waals surface area contributed by atoms with Gasteiger partial charge in [0.05, 0.1) is 23.7 Å². The predicted octanol–water partition coefficient (Wildman–Crippen LogP) is 2.60. The van der Waals surface area contributed by atoms with Crippen LogP contribution in [0, 0.1) is 5.82 Å². The monoisotopic (exact) mass is 293 g/mol. The van der Waals surface area contributed by atoms with Crippen LogP contribution in [0.3, 0.4) is 0 Å². The lowest BCUT2D eigenvalue weighted by Crippen LogP contribution is -2.03. The summed E-state index contributed by atoms with van der Waals surface area (Å²) in [6, 6.07) is 11.4. The van der Waals surface area contributed by atoms with Crippen LogP contribution >= 0.6 is 0 Å². The molecule has 2 aromatic carbocycles. The van der Waals surface area contributed by atoms with Gasteiger partial charge < -0.3 is 10.5 Å². The van der Waals surface area contributed by atoms with Gasteiger partial charge >= 0.3 is 0 Å². The molecule has 0 spiro atoms. The maximum atomic E-state index is 13.2. The van der Waals surface area contributed by atoms with Crippen molar-refractivity contribution in [1.29, 1.82) is 0 Å². The van der Waals surface area contributed by atoms with E-state index in [0.29, 0.717) is 17.2 Å². The minimum absolute atomic E-state index is 0.264. The number of ether oxygens (including phenoxy) is 1. The Morgan fingerprint density at radius 3 is 2.70 bits per heavy atom. The van der Waals surface area contributed by atoms with Gasteiger partial charge in [0, 0.05) is 17.0 Å². The normalized spacial score (nSPS) is 12.2. The van der Waals surface area contributed by atoms with Crippen LogP contribution in [-0.4, -0.2) is 11.3 Å². The largest absolute Gasteiger partial charge is 0.496 e. The lowest BCUT2D eigenvalue weighted by atomic mass is 10.1. The number of hydrogen-bond acceptors (Lipinski definition) is 3. The fraction of sp³-hybridized carbons (Fsp3) is 0.200. The molecule has 0 aliphatic rings. The summed E-state index contributed by atoms with van der Waals surface area (Å²) in [5.41, 5.74) is 7.35. The van der Waals surface area contributed by atoms with Crippen LogP contribution in [-0.2, 0) is 23.1 Å². The smallest absolute Gasteiger partial charge is 0.124 e. The minimum atomic E-state index is -1.33. The van der Waals surface area contributed by atoms with Crippen molar-refractivity contribution in [2.24, 2.45) is 5.73 Å². The van der Waals surface area contributed by atoms with E-state index in [1.165, 1.54) is 12.1 Å². The number of hydrogen-bond donors (Lipinski definition) is 1. The lowest BCUT2D eigenvalue weighted by Gasteiger charge is -2.10. The third-order valence-corrected chi connectivity index (χ3v) is 4.28. The van der Waals surface area contributed by atoms with E-state index >= 15 is 0 Å². The highest BCUT2D eigenvalue weighted by Crippen LogP contribution is 2.23. The number of benzene rings is 2. The minimum Gasteiger partial charge on any atom is -0.496 e. The molecule has 0 saturated heterocycles. The first kappa shape index (κ1) is 14.7. The number of methoxy groups -OCH3 is 1. The van der Waals surface area contributed by atoms with E-state index < -0.39 is 16.6 Å². The highest BCUT2D eigenvalue weighted by molar-refractivity contribution is 7.84. The highest BCUT2D eigenvalue weighted by Gasteiger charge is 2.11. The molecular formula is C15H16FNO2S. The molecule has 0 saturated carbocycles. The second kappa shape index (κ2) is 6.63. The summed E-state index contributed by atoms with van der Waals surface area (Å²) in [5.74, 6) is 0.533. The average molecular weight is 293 g/mol. The van der Waals surface area contributed by atoms with Crippen LogP contribution in [0.4, 0.5) is 4.39 Å². The summed E-state index contributed by atoms with van der Waals surface area (Å²) in [5, 5.41) is 0. The summed E-state index contributed by atoms with van der Waals surface area (Å²) in [6.45, 7) is 0.406. The third-order valence-electron chi connectivity index (χ3n) is 2.93. The zero-order chi connectivity index (χ0) is 14.5. The number of rotatable bonds is 5. The SMILES string of the molecule is COc1ccc(CN)cc1CS(=O)c1cccc(F)c1. The Kier molecular flexibility index (Phi) is 4.87. The molecule has 20 heavy (non-hydrogen) atoms. The maximum absolute atomic E-state index is 13.2. The molecule has 0 amide bonds. The summed E-state index contributed by atoms with van der Waals surface area (Å²) in [6.07, 6.45) is 0. The van der Waals surface area contributed by atoms with Crippen molar-refractivity contribution < 1.29 is 13.3 Å². The van der Waals surface area contributed by atoms with Crippen molar-refractivity contribution in [2.75, 3.05) is 7.11 Å². The van der Waals surface area contributed by atoms with E-state index in [2.05, 4.69) is 0 Å². The van der Waals surface area contributed by atoms with Gasteiger partial charge in [-0.05, 0) is 35.9 Å². The first-order chi connectivity index (χ1) is 9.63. The molecule has 1 unspecified atom stereocenters. The number of halogens is 1. The van der Waals surface area contributed by atoms with Crippen molar-refractivity contribution in [3.8, 4) is 5.75 Å². The van der Waals surface area contributed by atoms with E-state index in [0.717, 1.165) is 11.1 Å². The molecule has 0 aromatic heterocycles. The Balaban J connectivity index is 2.27. The van der Waals surface area contributed by atoms with Crippen molar-refractivity contribution in [1.82, 2.24) is 0 Å². The van der Waals surface area contributed by atoms with Crippen molar-refractivity contribution >= 4 is 10.8 Å². The predicted molar refractivity (Wildman–Crippen MR) is 77.4 cm³/mol. The fourth-order valence-electron chi connectivity index (χ4n) is 1.90. The molecule has 2 aromatic rings. The maximum Gasteiger partial charge on any atom is 0.124 e. The molecule has 0 radical (unpaired) electrons. The van der Waals surface area contributed by atoms with Crippen molar-refractivity contribution in [3.63, 3.8) is 0 Å². The Morgan fingerprint density at radius 2 is 2.05 bits per heavy atom. The van der Waals surface area contributed by atoms with Gasteiger partial charge in [0.25, 0.3) is 0 Å². The molecular weight excluding hydrogens is 277 g/mol. The molecule has 106 valence electrons. The van der Waals surface area contributed by atoms with Crippen LogP contribution < -0.4 is 10.5 Å². The van der Waals surface area contributed by atoms with Crippen LogP contribution in [0.1, 0.15) is 11.1 Å². The van der Waals surface area contributed by atoms with Gasteiger partial charge in [-0.2, -0.15) is 0 Å². The zero-order valence-corrected chi connectivity index (χ0v) is 12.0. The number of nitrogens with two attached hydrogens (primary N) is 1.